The van der Waals surface area contributed by atoms with Crippen molar-refractivity contribution in [2.24, 2.45) is 5.92 Å². The van der Waals surface area contributed by atoms with Gasteiger partial charge in [0.25, 0.3) is 0 Å². The predicted octanol–water partition coefficient (Wildman–Crippen LogP) is 0.661. The number of aliphatic hydroxyl groups is 1. The smallest absolute Gasteiger partial charge is 0.116 e. The van der Waals surface area contributed by atoms with Gasteiger partial charge < -0.3 is 15.4 Å². The lowest BCUT2D eigenvalue weighted by molar-refractivity contribution is -0.683. The first kappa shape index (κ1) is 10.4. The van der Waals surface area contributed by atoms with Crippen molar-refractivity contribution in [3.05, 3.63) is 41.6 Å². The van der Waals surface area contributed by atoms with Crippen molar-refractivity contribution in [3.8, 4) is 0 Å². The summed E-state index contributed by atoms with van der Waals surface area (Å²) in [6.45, 7) is 1.25. The number of fused-ring (bicyclic) bond motifs is 2. The number of aliphatic hydroxyl groups excluding tert-OH is 1. The standard InChI is InChI=1S/C15H16N2O/c18-8-9-4-12-11-2-1-3-13-15(11)10(7-17-13)5-14(12)16-6-9/h1-4,7,9,14,16-18H,5-6,8H2/p+1/t9-,14?/m0/s1. The number of aromatic amines is 1. The van der Waals surface area contributed by atoms with Gasteiger partial charge in [-0.15, -0.1) is 0 Å². The van der Waals surface area contributed by atoms with Crippen LogP contribution in [0.3, 0.4) is 0 Å². The van der Waals surface area contributed by atoms with Crippen LogP contribution >= 0.6 is 0 Å². The maximum atomic E-state index is 9.36. The zero-order valence-corrected chi connectivity index (χ0v) is 10.2. The fourth-order valence-electron chi connectivity index (χ4n) is 3.42. The highest BCUT2D eigenvalue weighted by Gasteiger charge is 2.32. The fourth-order valence-corrected chi connectivity index (χ4v) is 3.42. The number of rotatable bonds is 1. The minimum Gasteiger partial charge on any atom is -0.396 e. The van der Waals surface area contributed by atoms with Gasteiger partial charge in [0.1, 0.15) is 6.04 Å². The molecule has 1 aromatic heterocycles. The van der Waals surface area contributed by atoms with Crippen LogP contribution in [-0.4, -0.2) is 29.3 Å². The number of hydrogen-bond acceptors (Lipinski definition) is 1. The number of aromatic nitrogens is 1. The molecular formula is C15H17N2O+. The summed E-state index contributed by atoms with van der Waals surface area (Å²) in [5.74, 6) is 0.298. The molecule has 0 saturated heterocycles. The molecule has 0 saturated carbocycles. The molecule has 2 aliphatic rings. The van der Waals surface area contributed by atoms with Gasteiger partial charge in [0.15, 0.2) is 0 Å². The van der Waals surface area contributed by atoms with Crippen LogP contribution in [0.15, 0.2) is 30.5 Å². The number of nitrogens with two attached hydrogens (primary N) is 1. The van der Waals surface area contributed by atoms with Gasteiger partial charge in [-0.3, -0.25) is 0 Å². The van der Waals surface area contributed by atoms with Gasteiger partial charge in [0, 0.05) is 29.1 Å². The average molecular weight is 241 g/mol. The van der Waals surface area contributed by atoms with Crippen molar-refractivity contribution in [3.63, 3.8) is 0 Å². The van der Waals surface area contributed by atoms with E-state index in [4.69, 9.17) is 0 Å². The lowest BCUT2D eigenvalue weighted by Crippen LogP contribution is -2.93. The molecule has 3 nitrogen and oxygen atoms in total. The SMILES string of the molecule is OC[C@H]1C=C2c3cccc4[nH]cc(c34)CC2[NH2+]C1. The summed E-state index contributed by atoms with van der Waals surface area (Å²) in [7, 11) is 0. The van der Waals surface area contributed by atoms with Gasteiger partial charge in [-0.2, -0.15) is 0 Å². The van der Waals surface area contributed by atoms with E-state index >= 15 is 0 Å². The van der Waals surface area contributed by atoms with Gasteiger partial charge in [0.05, 0.1) is 19.1 Å². The zero-order valence-electron chi connectivity index (χ0n) is 10.2. The number of quaternary nitrogens is 1. The van der Waals surface area contributed by atoms with Crippen LogP contribution in [0.4, 0.5) is 0 Å². The molecular weight excluding hydrogens is 224 g/mol. The minimum absolute atomic E-state index is 0.253. The highest BCUT2D eigenvalue weighted by atomic mass is 16.3. The molecule has 0 fully saturated rings. The Morgan fingerprint density at radius 3 is 3.22 bits per heavy atom. The molecule has 1 aliphatic heterocycles. The van der Waals surface area contributed by atoms with E-state index in [9.17, 15) is 5.11 Å². The molecule has 3 heteroatoms. The first-order chi connectivity index (χ1) is 8.86. The van der Waals surface area contributed by atoms with E-state index in [1.54, 1.807) is 0 Å². The molecule has 4 N–H and O–H groups in total. The Hall–Kier alpha value is -1.58. The molecule has 0 amide bonds. The monoisotopic (exact) mass is 241 g/mol. The normalized spacial score (nSPS) is 25.9. The van der Waals surface area contributed by atoms with Gasteiger partial charge in [0.2, 0.25) is 0 Å². The van der Waals surface area contributed by atoms with E-state index in [-0.39, 0.29) is 6.61 Å². The van der Waals surface area contributed by atoms with Crippen LogP contribution < -0.4 is 5.32 Å². The van der Waals surface area contributed by atoms with E-state index in [0.29, 0.717) is 12.0 Å². The van der Waals surface area contributed by atoms with Gasteiger partial charge >= 0.3 is 0 Å². The molecule has 4 rings (SSSR count). The largest absolute Gasteiger partial charge is 0.396 e. The second kappa shape index (κ2) is 3.70. The maximum absolute atomic E-state index is 9.36. The molecule has 0 radical (unpaired) electrons. The van der Waals surface area contributed by atoms with E-state index < -0.39 is 0 Å². The molecule has 1 aliphatic carbocycles. The van der Waals surface area contributed by atoms with E-state index in [2.05, 4.69) is 40.8 Å². The lowest BCUT2D eigenvalue weighted by Gasteiger charge is -2.30. The highest BCUT2D eigenvalue weighted by Crippen LogP contribution is 2.36. The van der Waals surface area contributed by atoms with E-state index in [0.717, 1.165) is 13.0 Å². The minimum atomic E-state index is 0.253. The van der Waals surface area contributed by atoms with Gasteiger partial charge in [-0.1, -0.05) is 18.2 Å². The molecule has 1 unspecified atom stereocenters. The van der Waals surface area contributed by atoms with Crippen molar-refractivity contribution >= 4 is 16.5 Å². The third-order valence-electron chi connectivity index (χ3n) is 4.31. The summed E-state index contributed by atoms with van der Waals surface area (Å²) < 4.78 is 0. The van der Waals surface area contributed by atoms with E-state index in [1.165, 1.54) is 27.6 Å². The van der Waals surface area contributed by atoms with Crippen molar-refractivity contribution in [2.75, 3.05) is 13.2 Å². The predicted molar refractivity (Wildman–Crippen MR) is 71.1 cm³/mol. The second-order valence-electron chi connectivity index (χ2n) is 5.39. The zero-order chi connectivity index (χ0) is 12.1. The lowest BCUT2D eigenvalue weighted by atomic mass is 9.81. The quantitative estimate of drug-likeness (QED) is 0.675. The molecule has 18 heavy (non-hydrogen) atoms. The topological polar surface area (TPSA) is 52.6 Å². The molecule has 2 aromatic rings. The van der Waals surface area contributed by atoms with Crippen LogP contribution in [0.1, 0.15) is 11.1 Å². The molecule has 2 atom stereocenters. The highest BCUT2D eigenvalue weighted by molar-refractivity contribution is 5.97. The number of hydrogen-bond donors (Lipinski definition) is 3. The van der Waals surface area contributed by atoms with Crippen LogP contribution in [-0.2, 0) is 6.42 Å². The summed E-state index contributed by atoms with van der Waals surface area (Å²) in [5, 5.41) is 13.1. The Morgan fingerprint density at radius 1 is 1.39 bits per heavy atom. The molecule has 92 valence electrons. The molecule has 0 spiro atoms. The molecule has 0 bridgehead atoms. The van der Waals surface area contributed by atoms with Gasteiger partial charge in [-0.25, -0.2) is 0 Å². The van der Waals surface area contributed by atoms with E-state index in [1.807, 2.05) is 0 Å². The summed E-state index contributed by atoms with van der Waals surface area (Å²) in [6, 6.07) is 7.00. The first-order valence-electron chi connectivity index (χ1n) is 6.62. The Kier molecular flexibility index (Phi) is 2.13. The summed E-state index contributed by atoms with van der Waals surface area (Å²) in [5.41, 5.74) is 5.43. The van der Waals surface area contributed by atoms with Crippen LogP contribution in [0.5, 0.6) is 0 Å². The van der Waals surface area contributed by atoms with Gasteiger partial charge in [-0.05, 0) is 17.2 Å². The molecule has 2 heterocycles. The number of benzene rings is 1. The maximum Gasteiger partial charge on any atom is 0.116 e. The van der Waals surface area contributed by atoms with Crippen LogP contribution in [0, 0.1) is 5.92 Å². The number of H-pyrrole nitrogens is 1. The summed E-state index contributed by atoms with van der Waals surface area (Å²) in [6.07, 6.45) is 5.54. The molecule has 1 aromatic carbocycles. The van der Waals surface area contributed by atoms with Crippen molar-refractivity contribution in [2.45, 2.75) is 12.5 Å². The Labute approximate surface area is 106 Å². The Bertz CT molecular complexity index is 641. The Morgan fingerprint density at radius 2 is 2.33 bits per heavy atom. The summed E-state index contributed by atoms with van der Waals surface area (Å²) in [4.78, 5) is 3.36. The summed E-state index contributed by atoms with van der Waals surface area (Å²) >= 11 is 0. The third-order valence-corrected chi connectivity index (χ3v) is 4.31. The fraction of sp³-hybridized carbons (Fsp3) is 0.333. The average Bonchev–Trinajstić information content (AvgIpc) is 2.83. The van der Waals surface area contributed by atoms with Crippen molar-refractivity contribution in [1.82, 2.24) is 4.98 Å². The Balaban J connectivity index is 1.97. The first-order valence-corrected chi connectivity index (χ1v) is 6.62. The number of nitrogens with one attached hydrogen (secondary N) is 1. The van der Waals surface area contributed by atoms with Crippen molar-refractivity contribution in [1.29, 1.82) is 0 Å². The third kappa shape index (κ3) is 1.32. The van der Waals surface area contributed by atoms with Crippen LogP contribution in [0.2, 0.25) is 0 Å². The van der Waals surface area contributed by atoms with Crippen LogP contribution in [0.25, 0.3) is 16.5 Å². The second-order valence-corrected chi connectivity index (χ2v) is 5.39. The van der Waals surface area contributed by atoms with Crippen molar-refractivity contribution < 1.29 is 10.4 Å².